The Morgan fingerprint density at radius 2 is 2.03 bits per heavy atom. The van der Waals surface area contributed by atoms with Gasteiger partial charge in [0.1, 0.15) is 12.2 Å². The summed E-state index contributed by atoms with van der Waals surface area (Å²) in [6.07, 6.45) is 5.16. The van der Waals surface area contributed by atoms with Crippen molar-refractivity contribution in [2.45, 2.75) is 130 Å². The molecule has 190 valence electrons. The van der Waals surface area contributed by atoms with E-state index < -0.39 is 42.3 Å². The van der Waals surface area contributed by atoms with Crippen molar-refractivity contribution in [3.8, 4) is 0 Å². The van der Waals surface area contributed by atoms with Gasteiger partial charge in [0.25, 0.3) is 0 Å². The molecule has 1 heterocycles. The van der Waals surface area contributed by atoms with Gasteiger partial charge in [-0.2, -0.15) is 0 Å². The second kappa shape index (κ2) is 12.5. The molecular weight excluding hydrogens is 420 g/mol. The molecule has 8 atom stereocenters. The van der Waals surface area contributed by atoms with E-state index in [4.69, 9.17) is 14.2 Å². The lowest BCUT2D eigenvalue weighted by Gasteiger charge is -2.47. The van der Waals surface area contributed by atoms with Crippen LogP contribution < -0.4 is 0 Å². The van der Waals surface area contributed by atoms with Crippen LogP contribution in [0.3, 0.4) is 0 Å². The fraction of sp³-hybridized carbons (Fsp3) is 0.815. The maximum atomic E-state index is 12.4. The Morgan fingerprint density at radius 3 is 2.61 bits per heavy atom. The minimum absolute atomic E-state index is 0.178. The summed E-state index contributed by atoms with van der Waals surface area (Å²) in [6, 6.07) is 0. The van der Waals surface area contributed by atoms with Crippen LogP contribution in [0.25, 0.3) is 0 Å². The molecule has 0 bridgehead atoms. The second-order valence-electron chi connectivity index (χ2n) is 10.6. The Labute approximate surface area is 200 Å². The van der Waals surface area contributed by atoms with Gasteiger partial charge in [-0.25, -0.2) is 0 Å². The highest BCUT2D eigenvalue weighted by atomic mass is 16.7. The van der Waals surface area contributed by atoms with Gasteiger partial charge in [0.2, 0.25) is 0 Å². The standard InChI is InChI=1S/C27H46O6/c1-8-18(4)16-22(28)32-25-23(29)20(6)31-26(24(25)30)33-27(7,15-9-10-17(2)3)21-13-11-19(5)12-14-21/h10-11,18,20-21,23-26,29-30H,8-9,12-16H2,1-7H3/t18?,20-,21-,23+,24-,25+,26+,27+/m1/s1. The van der Waals surface area contributed by atoms with Crippen molar-refractivity contribution in [1.82, 2.24) is 0 Å². The van der Waals surface area contributed by atoms with Crippen molar-refractivity contribution in [1.29, 1.82) is 0 Å². The number of esters is 1. The van der Waals surface area contributed by atoms with Gasteiger partial charge in [-0.15, -0.1) is 0 Å². The lowest BCUT2D eigenvalue weighted by molar-refractivity contribution is -0.327. The van der Waals surface area contributed by atoms with E-state index in [9.17, 15) is 15.0 Å². The molecule has 6 nitrogen and oxygen atoms in total. The highest BCUT2D eigenvalue weighted by molar-refractivity contribution is 5.70. The average molecular weight is 467 g/mol. The van der Waals surface area contributed by atoms with Crippen molar-refractivity contribution < 1.29 is 29.2 Å². The zero-order chi connectivity index (χ0) is 24.8. The zero-order valence-electron chi connectivity index (χ0n) is 21.7. The number of ether oxygens (including phenoxy) is 3. The normalized spacial score (nSPS) is 32.9. The Morgan fingerprint density at radius 1 is 1.33 bits per heavy atom. The van der Waals surface area contributed by atoms with Gasteiger partial charge in [-0.1, -0.05) is 43.6 Å². The first-order valence-electron chi connectivity index (χ1n) is 12.6. The molecule has 0 radical (unpaired) electrons. The van der Waals surface area contributed by atoms with Crippen LogP contribution in [0.2, 0.25) is 0 Å². The summed E-state index contributed by atoms with van der Waals surface area (Å²) in [5.41, 5.74) is 2.13. The largest absolute Gasteiger partial charge is 0.456 e. The van der Waals surface area contributed by atoms with Crippen molar-refractivity contribution in [2.24, 2.45) is 11.8 Å². The number of rotatable bonds is 10. The minimum Gasteiger partial charge on any atom is -0.456 e. The Balaban J connectivity index is 2.19. The van der Waals surface area contributed by atoms with Gasteiger partial charge in [-0.3, -0.25) is 4.79 Å². The third-order valence-electron chi connectivity index (χ3n) is 7.34. The van der Waals surface area contributed by atoms with Crippen LogP contribution in [0.4, 0.5) is 0 Å². The molecule has 1 aliphatic carbocycles. The molecule has 0 amide bonds. The summed E-state index contributed by atoms with van der Waals surface area (Å²) >= 11 is 0. The monoisotopic (exact) mass is 466 g/mol. The smallest absolute Gasteiger partial charge is 0.306 e. The van der Waals surface area contributed by atoms with Gasteiger partial charge in [0, 0.05) is 6.42 Å². The van der Waals surface area contributed by atoms with Crippen LogP contribution in [0.5, 0.6) is 0 Å². The van der Waals surface area contributed by atoms with Crippen LogP contribution in [-0.2, 0) is 19.0 Å². The quantitative estimate of drug-likeness (QED) is 0.345. The third-order valence-corrected chi connectivity index (χ3v) is 7.34. The number of allylic oxidation sites excluding steroid dienone is 4. The average Bonchev–Trinajstić information content (AvgIpc) is 2.75. The number of hydrogen-bond acceptors (Lipinski definition) is 6. The summed E-state index contributed by atoms with van der Waals surface area (Å²) in [6.45, 7) is 14.1. The molecule has 1 unspecified atom stereocenters. The molecule has 2 N–H and O–H groups in total. The number of aliphatic hydroxyl groups is 2. The van der Waals surface area contributed by atoms with E-state index in [1.54, 1.807) is 6.92 Å². The summed E-state index contributed by atoms with van der Waals surface area (Å²) in [5.74, 6) is 0.0490. The van der Waals surface area contributed by atoms with E-state index >= 15 is 0 Å². The number of carbonyl (C=O) groups is 1. The predicted molar refractivity (Wildman–Crippen MR) is 130 cm³/mol. The summed E-state index contributed by atoms with van der Waals surface area (Å²) in [4.78, 5) is 12.4. The van der Waals surface area contributed by atoms with Crippen molar-refractivity contribution >= 4 is 5.97 Å². The topological polar surface area (TPSA) is 85.2 Å². The third kappa shape index (κ3) is 7.91. The van der Waals surface area contributed by atoms with E-state index in [1.165, 1.54) is 11.1 Å². The van der Waals surface area contributed by atoms with E-state index in [0.29, 0.717) is 0 Å². The SMILES string of the molecule is CCC(C)CC(=O)O[C@H]1[C@@H](O)[C@@H](C)O[C@@H](O[C@@](C)(CCC=C(C)C)[C@@H]2CC=C(C)CC2)[C@@H]1O. The first-order chi connectivity index (χ1) is 15.5. The van der Waals surface area contributed by atoms with Crippen LogP contribution in [0, 0.1) is 11.8 Å². The van der Waals surface area contributed by atoms with E-state index in [0.717, 1.165) is 38.5 Å². The maximum absolute atomic E-state index is 12.4. The Kier molecular flexibility index (Phi) is 10.6. The molecular formula is C27H46O6. The van der Waals surface area contributed by atoms with Crippen LogP contribution >= 0.6 is 0 Å². The fourth-order valence-corrected chi connectivity index (χ4v) is 4.65. The van der Waals surface area contributed by atoms with Gasteiger partial charge >= 0.3 is 5.97 Å². The van der Waals surface area contributed by atoms with Gasteiger partial charge in [-0.05, 0) is 78.6 Å². The zero-order valence-corrected chi connectivity index (χ0v) is 21.7. The van der Waals surface area contributed by atoms with Crippen molar-refractivity contribution in [3.63, 3.8) is 0 Å². The number of hydrogen-bond donors (Lipinski definition) is 2. The van der Waals surface area contributed by atoms with Crippen molar-refractivity contribution in [2.75, 3.05) is 0 Å². The Hall–Kier alpha value is -1.21. The second-order valence-corrected chi connectivity index (χ2v) is 10.6. The van der Waals surface area contributed by atoms with Gasteiger partial charge in [0.05, 0.1) is 11.7 Å². The van der Waals surface area contributed by atoms with Crippen LogP contribution in [-0.4, -0.2) is 52.5 Å². The van der Waals surface area contributed by atoms with E-state index in [-0.39, 0.29) is 18.3 Å². The predicted octanol–water partition coefficient (Wildman–Crippen LogP) is 5.07. The van der Waals surface area contributed by atoms with Gasteiger partial charge in [0.15, 0.2) is 12.4 Å². The molecule has 0 spiro atoms. The van der Waals surface area contributed by atoms with Crippen molar-refractivity contribution in [3.05, 3.63) is 23.3 Å². The molecule has 0 saturated carbocycles. The summed E-state index contributed by atoms with van der Waals surface area (Å²) < 4.78 is 18.0. The molecule has 6 heteroatoms. The first-order valence-corrected chi connectivity index (χ1v) is 12.6. The minimum atomic E-state index is -1.26. The van der Waals surface area contributed by atoms with E-state index in [2.05, 4.69) is 39.8 Å². The number of carbonyl (C=O) groups excluding carboxylic acids is 1. The molecule has 2 rings (SSSR count). The molecule has 2 aliphatic rings. The van der Waals surface area contributed by atoms with E-state index in [1.807, 2.05) is 13.8 Å². The summed E-state index contributed by atoms with van der Waals surface area (Å²) in [7, 11) is 0. The highest BCUT2D eigenvalue weighted by Gasteiger charge is 2.49. The van der Waals surface area contributed by atoms with Crippen LogP contribution in [0.1, 0.15) is 93.4 Å². The molecule has 0 aromatic heterocycles. The molecule has 1 aliphatic heterocycles. The first kappa shape index (κ1) is 28.0. The lowest BCUT2D eigenvalue weighted by Crippen LogP contribution is -2.61. The fourth-order valence-electron chi connectivity index (χ4n) is 4.65. The number of aliphatic hydroxyl groups excluding tert-OH is 2. The summed E-state index contributed by atoms with van der Waals surface area (Å²) in [5, 5.41) is 21.7. The highest BCUT2D eigenvalue weighted by Crippen LogP contribution is 2.40. The Bertz CT molecular complexity index is 697. The lowest BCUT2D eigenvalue weighted by atomic mass is 9.76. The molecule has 0 aromatic rings. The molecule has 0 aromatic carbocycles. The molecule has 1 saturated heterocycles. The molecule has 33 heavy (non-hydrogen) atoms. The van der Waals surface area contributed by atoms with Gasteiger partial charge < -0.3 is 24.4 Å². The molecule has 1 fully saturated rings. The van der Waals surface area contributed by atoms with Crippen LogP contribution in [0.15, 0.2) is 23.3 Å². The maximum Gasteiger partial charge on any atom is 0.306 e.